The fraction of sp³-hybridized carbons (Fsp3) is 0.500. The van der Waals surface area contributed by atoms with Gasteiger partial charge in [-0.1, -0.05) is 0 Å². The van der Waals surface area contributed by atoms with Gasteiger partial charge in [-0.15, -0.1) is 0 Å². The highest BCUT2D eigenvalue weighted by Gasteiger charge is 2.55. The van der Waals surface area contributed by atoms with Crippen LogP contribution in [0, 0.1) is 0 Å². The molecule has 2 rings (SSSR count). The minimum absolute atomic E-state index is 0.281. The summed E-state index contributed by atoms with van der Waals surface area (Å²) in [6, 6.07) is 0. The summed E-state index contributed by atoms with van der Waals surface area (Å²) in [5.41, 5.74) is -3.97. The number of aliphatic hydroxyl groups is 3. The lowest BCUT2D eigenvalue weighted by Gasteiger charge is -2.29. The van der Waals surface area contributed by atoms with E-state index in [-0.39, 0.29) is 5.75 Å². The molecule has 1 fully saturated rings. The van der Waals surface area contributed by atoms with Crippen LogP contribution in [0.5, 0.6) is 5.75 Å². The van der Waals surface area contributed by atoms with Crippen molar-refractivity contribution >= 4 is 5.94 Å². The molecule has 1 aliphatic heterocycles. The second-order valence-electron chi connectivity index (χ2n) is 4.62. The zero-order valence-corrected chi connectivity index (χ0v) is 11.4. The van der Waals surface area contributed by atoms with Crippen molar-refractivity contribution in [3.8, 4) is 5.75 Å². The van der Waals surface area contributed by atoms with E-state index in [0.717, 1.165) is 6.20 Å². The van der Waals surface area contributed by atoms with Gasteiger partial charge < -0.3 is 24.8 Å². The molecule has 120 valence electrons. The Morgan fingerprint density at radius 3 is 2.73 bits per heavy atom. The molecule has 0 amide bonds. The fourth-order valence-corrected chi connectivity index (χ4v) is 2.31. The van der Waals surface area contributed by atoms with E-state index in [1.807, 2.05) is 4.98 Å². The molecule has 2 heterocycles. The molecule has 4 atom stereocenters. The molecule has 0 spiro atoms. The van der Waals surface area contributed by atoms with Gasteiger partial charge in [0.2, 0.25) is 11.5 Å². The smallest absolute Gasteiger partial charge is 0.331 e. The number of hydrogen-bond acceptors (Lipinski definition) is 8. The SMILES string of the molecule is COc1cn([C@]2(C=C=O)O[C@H](CO)[C@@H](O)[C@H]2O)c(=O)[nH]c1=O. The van der Waals surface area contributed by atoms with E-state index in [4.69, 9.17) is 14.6 Å². The first-order valence-electron chi connectivity index (χ1n) is 6.18. The van der Waals surface area contributed by atoms with Crippen molar-refractivity contribution < 1.29 is 29.6 Å². The first-order valence-corrected chi connectivity index (χ1v) is 6.18. The Morgan fingerprint density at radius 2 is 2.23 bits per heavy atom. The number of hydrogen-bond donors (Lipinski definition) is 4. The summed E-state index contributed by atoms with van der Waals surface area (Å²) in [5, 5.41) is 29.1. The van der Waals surface area contributed by atoms with Gasteiger partial charge in [0, 0.05) is 0 Å². The van der Waals surface area contributed by atoms with Crippen molar-refractivity contribution in [2.75, 3.05) is 13.7 Å². The maximum absolute atomic E-state index is 12.0. The van der Waals surface area contributed by atoms with Gasteiger partial charge in [0.05, 0.1) is 26.0 Å². The predicted molar refractivity (Wildman–Crippen MR) is 70.1 cm³/mol. The quantitative estimate of drug-likeness (QED) is 0.422. The van der Waals surface area contributed by atoms with Crippen LogP contribution in [-0.4, -0.2) is 62.8 Å². The monoisotopic (exact) mass is 314 g/mol. The van der Waals surface area contributed by atoms with Gasteiger partial charge in [-0.05, 0) is 0 Å². The van der Waals surface area contributed by atoms with Crippen LogP contribution in [0.1, 0.15) is 0 Å². The summed E-state index contributed by atoms with van der Waals surface area (Å²) >= 11 is 0. The summed E-state index contributed by atoms with van der Waals surface area (Å²) in [6.07, 6.45) is -2.98. The summed E-state index contributed by atoms with van der Waals surface area (Å²) in [6.45, 7) is -0.665. The summed E-state index contributed by atoms with van der Waals surface area (Å²) in [4.78, 5) is 36.2. The lowest BCUT2D eigenvalue weighted by molar-refractivity contribution is -0.114. The lowest BCUT2D eigenvalue weighted by Crippen LogP contribution is -2.50. The van der Waals surface area contributed by atoms with Crippen molar-refractivity contribution in [3.05, 3.63) is 33.1 Å². The average molecular weight is 314 g/mol. The highest BCUT2D eigenvalue weighted by molar-refractivity contribution is 5.48. The second kappa shape index (κ2) is 5.87. The van der Waals surface area contributed by atoms with Crippen LogP contribution >= 0.6 is 0 Å². The lowest BCUT2D eigenvalue weighted by atomic mass is 10.0. The molecule has 1 aromatic rings. The Bertz CT molecular complexity index is 719. The summed E-state index contributed by atoms with van der Waals surface area (Å²) in [5.74, 6) is 1.10. The number of methoxy groups -OCH3 is 1. The Morgan fingerprint density at radius 1 is 1.55 bits per heavy atom. The largest absolute Gasteiger partial charge is 0.490 e. The van der Waals surface area contributed by atoms with E-state index in [9.17, 15) is 24.6 Å². The number of aromatic amines is 1. The van der Waals surface area contributed by atoms with E-state index >= 15 is 0 Å². The number of aliphatic hydroxyl groups excluding tert-OH is 3. The van der Waals surface area contributed by atoms with Crippen molar-refractivity contribution in [3.63, 3.8) is 0 Å². The van der Waals surface area contributed by atoms with E-state index in [1.54, 1.807) is 0 Å². The maximum Gasteiger partial charge on any atom is 0.331 e. The Balaban J connectivity index is 2.71. The average Bonchev–Trinajstić information content (AvgIpc) is 2.73. The second-order valence-corrected chi connectivity index (χ2v) is 4.62. The molecule has 4 N–H and O–H groups in total. The van der Waals surface area contributed by atoms with Crippen LogP contribution in [0.3, 0.4) is 0 Å². The number of nitrogens with zero attached hydrogens (tertiary/aromatic N) is 1. The van der Waals surface area contributed by atoms with Crippen LogP contribution in [0.2, 0.25) is 0 Å². The minimum atomic E-state index is -2.14. The third-order valence-corrected chi connectivity index (χ3v) is 3.42. The number of aromatic nitrogens is 2. The molecule has 10 heteroatoms. The summed E-state index contributed by atoms with van der Waals surface area (Å²) < 4.78 is 10.7. The maximum atomic E-state index is 12.0. The fourth-order valence-electron chi connectivity index (χ4n) is 2.31. The van der Waals surface area contributed by atoms with Crippen molar-refractivity contribution in [1.82, 2.24) is 9.55 Å². The zero-order chi connectivity index (χ0) is 16.5. The number of nitrogens with one attached hydrogen (secondary N) is 1. The predicted octanol–water partition coefficient (Wildman–Crippen LogP) is -3.30. The Labute approximate surface area is 122 Å². The molecule has 1 saturated heterocycles. The number of ether oxygens (including phenoxy) is 2. The van der Waals surface area contributed by atoms with Gasteiger partial charge in [0.15, 0.2) is 0 Å². The molecule has 0 aromatic carbocycles. The normalized spacial score (nSPS) is 30.8. The molecule has 0 unspecified atom stereocenters. The topological polar surface area (TPSA) is 151 Å². The van der Waals surface area contributed by atoms with Gasteiger partial charge in [-0.3, -0.25) is 14.3 Å². The number of carbonyl (C=O) groups excluding carboxylic acids is 1. The first kappa shape index (κ1) is 16.1. The third-order valence-electron chi connectivity index (χ3n) is 3.42. The van der Waals surface area contributed by atoms with Crippen LogP contribution in [0.15, 0.2) is 21.9 Å². The molecule has 0 radical (unpaired) electrons. The molecule has 0 aliphatic carbocycles. The minimum Gasteiger partial charge on any atom is -0.490 e. The van der Waals surface area contributed by atoms with E-state index < -0.39 is 41.9 Å². The van der Waals surface area contributed by atoms with Crippen LogP contribution < -0.4 is 16.0 Å². The first-order chi connectivity index (χ1) is 10.4. The van der Waals surface area contributed by atoms with E-state index in [1.165, 1.54) is 13.1 Å². The summed E-state index contributed by atoms with van der Waals surface area (Å²) in [7, 11) is 1.18. The molecule has 0 saturated carbocycles. The van der Waals surface area contributed by atoms with Crippen LogP contribution in [0.4, 0.5) is 0 Å². The van der Waals surface area contributed by atoms with Crippen molar-refractivity contribution in [1.29, 1.82) is 0 Å². The van der Waals surface area contributed by atoms with Gasteiger partial charge in [-0.2, -0.15) is 0 Å². The molecule has 1 aliphatic rings. The molecule has 22 heavy (non-hydrogen) atoms. The highest BCUT2D eigenvalue weighted by Crippen LogP contribution is 2.35. The van der Waals surface area contributed by atoms with Crippen LogP contribution in [-0.2, 0) is 15.3 Å². The Hall–Kier alpha value is -2.23. The van der Waals surface area contributed by atoms with Gasteiger partial charge >= 0.3 is 5.69 Å². The van der Waals surface area contributed by atoms with E-state index in [2.05, 4.69) is 0 Å². The van der Waals surface area contributed by atoms with Gasteiger partial charge in [0.25, 0.3) is 5.56 Å². The van der Waals surface area contributed by atoms with Crippen molar-refractivity contribution in [2.45, 2.75) is 24.0 Å². The van der Waals surface area contributed by atoms with Crippen molar-refractivity contribution in [2.24, 2.45) is 0 Å². The van der Waals surface area contributed by atoms with Gasteiger partial charge in [-0.25, -0.2) is 9.59 Å². The highest BCUT2D eigenvalue weighted by atomic mass is 16.6. The number of rotatable bonds is 4. The molecular weight excluding hydrogens is 300 g/mol. The molecule has 10 nitrogen and oxygen atoms in total. The number of H-pyrrole nitrogens is 1. The zero-order valence-electron chi connectivity index (χ0n) is 11.4. The van der Waals surface area contributed by atoms with E-state index in [0.29, 0.717) is 10.6 Å². The van der Waals surface area contributed by atoms with Gasteiger partial charge in [0.1, 0.15) is 24.3 Å². The molecule has 1 aromatic heterocycles. The third kappa shape index (κ3) is 2.28. The molecular formula is C12H14N2O8. The Kier molecular flexibility index (Phi) is 4.31. The van der Waals surface area contributed by atoms with Crippen LogP contribution in [0.25, 0.3) is 0 Å². The standard InChI is InChI=1S/C12H14N2O8/c1-21-6-4-14(11(20)13-10(6)19)12(2-3-15)9(18)8(17)7(5-16)22-12/h2,4,7-9,16-18H,5H2,1H3,(H,13,19,20)/t7-,8-,9-,12-/m1/s1. The molecule has 0 bridgehead atoms.